The van der Waals surface area contributed by atoms with Gasteiger partial charge in [-0.05, 0) is 136 Å². The van der Waals surface area contributed by atoms with Crippen LogP contribution >= 0.6 is 0 Å². The molecule has 0 aliphatic carbocycles. The topological polar surface area (TPSA) is 50.9 Å². The van der Waals surface area contributed by atoms with Gasteiger partial charge in [0.2, 0.25) is 0 Å². The first kappa shape index (κ1) is 32.8. The second-order valence-electron chi connectivity index (χ2n) is 16.8. The first-order valence-corrected chi connectivity index (χ1v) is 19.9. The highest BCUT2D eigenvalue weighted by Gasteiger charge is 2.24. The van der Waals surface area contributed by atoms with Gasteiger partial charge in [-0.3, -0.25) is 9.55 Å². The van der Waals surface area contributed by atoms with E-state index in [-0.39, 0.29) is 16.7 Å². The molecular weight excluding hydrogens is 707 g/mol. The molecule has 0 saturated heterocycles. The summed E-state index contributed by atoms with van der Waals surface area (Å²) < 4.78 is 46.9. The normalized spacial score (nSPS) is 13.8. The van der Waals surface area contributed by atoms with E-state index >= 15 is 0 Å². The summed E-state index contributed by atoms with van der Waals surface area (Å²) in [6.45, 7) is 13.3. The molecule has 0 aliphatic rings. The van der Waals surface area contributed by atoms with Crippen molar-refractivity contribution in [2.45, 2.75) is 79.4 Å². The fraction of sp³-hybridized carbons (Fsp3) is 0.222. The zero-order chi connectivity index (χ0) is 45.2. The van der Waals surface area contributed by atoms with Crippen LogP contribution in [-0.2, 0) is 5.41 Å². The number of aromatic hydroxyl groups is 1. The summed E-state index contributed by atoms with van der Waals surface area (Å²) in [6.07, 6.45) is 1.85. The van der Waals surface area contributed by atoms with E-state index in [4.69, 9.17) is 16.8 Å². The molecular formula is C54H53N3O. The monoisotopic (exact) mass is 764 g/mol. The van der Waals surface area contributed by atoms with Crippen LogP contribution in [0.15, 0.2) is 140 Å². The van der Waals surface area contributed by atoms with Crippen LogP contribution in [0.2, 0.25) is 0 Å². The second kappa shape index (κ2) is 15.2. The van der Waals surface area contributed by atoms with Crippen molar-refractivity contribution >= 4 is 11.0 Å². The quantitative estimate of drug-likeness (QED) is 0.168. The Labute approximate surface area is 351 Å². The SMILES string of the molecule is [2H]C([2H])([2H])c1cc(-c2c(C([2H])(C)C)cccc2C([2H])(C)C)ccc1-n1c(-c2ccccc2O)nc2c(-c3cc(-c4cc(-c5ccc(C)cc5)ccn4)cc(C(C)(C)C)c3)cccc21. The number of para-hydroxylation sites is 2. The van der Waals surface area contributed by atoms with Gasteiger partial charge in [-0.25, -0.2) is 4.98 Å². The molecule has 8 rings (SSSR count). The molecule has 0 fully saturated rings. The molecule has 2 heterocycles. The van der Waals surface area contributed by atoms with E-state index < -0.39 is 18.6 Å². The molecule has 0 saturated carbocycles. The van der Waals surface area contributed by atoms with Gasteiger partial charge < -0.3 is 5.11 Å². The van der Waals surface area contributed by atoms with Crippen LogP contribution in [0, 0.1) is 13.8 Å². The first-order chi connectivity index (χ1) is 29.6. The molecule has 1 N–H and O–H groups in total. The number of fused-ring (bicyclic) bond motifs is 1. The largest absolute Gasteiger partial charge is 0.507 e. The summed E-state index contributed by atoms with van der Waals surface area (Å²) in [5.74, 6) is -1.68. The number of pyridine rings is 1. The summed E-state index contributed by atoms with van der Waals surface area (Å²) >= 11 is 0. The Morgan fingerprint density at radius 1 is 0.655 bits per heavy atom. The standard InChI is InChI=1S/C54H53N3O/c1-33(2)43-15-12-16-44(34(3)4)51(43)39-24-25-48(36(6)28-39)57-49-18-13-17-45(52(49)56-53(57)46-14-10-11-19-50(46)58)40-29-41(31-42(30-40)54(7,8)9)47-32-38(26-27-55-47)37-22-20-35(5)21-23-37/h10-34,58H,1-9H3/i6D3,33D,34D. The molecule has 8 aromatic rings. The lowest BCUT2D eigenvalue weighted by Gasteiger charge is -2.22. The molecule has 0 atom stereocenters. The van der Waals surface area contributed by atoms with E-state index in [1.165, 1.54) is 5.56 Å². The average molecular weight is 765 g/mol. The molecule has 0 bridgehead atoms. The second-order valence-corrected chi connectivity index (χ2v) is 16.8. The summed E-state index contributed by atoms with van der Waals surface area (Å²) in [5, 5.41) is 11.4. The third kappa shape index (κ3) is 7.24. The van der Waals surface area contributed by atoms with Crippen LogP contribution in [0.4, 0.5) is 0 Å². The van der Waals surface area contributed by atoms with E-state index in [9.17, 15) is 5.11 Å². The predicted octanol–water partition coefficient (Wildman–Crippen LogP) is 14.6. The number of aromatic nitrogens is 3. The summed E-state index contributed by atoms with van der Waals surface area (Å²) in [6, 6.07) is 43.1. The Kier molecular flexibility index (Phi) is 8.62. The van der Waals surface area contributed by atoms with E-state index in [1.807, 2.05) is 65.4 Å². The van der Waals surface area contributed by atoms with E-state index in [0.717, 1.165) is 39.1 Å². The number of imidazole rings is 1. The van der Waals surface area contributed by atoms with E-state index in [0.29, 0.717) is 50.4 Å². The highest BCUT2D eigenvalue weighted by Crippen LogP contribution is 2.42. The maximum Gasteiger partial charge on any atom is 0.149 e. The van der Waals surface area contributed by atoms with Crippen molar-refractivity contribution in [3.8, 4) is 67.5 Å². The maximum atomic E-state index is 11.4. The number of phenolic OH excluding ortho intramolecular Hbond substituents is 1. The van der Waals surface area contributed by atoms with Crippen LogP contribution in [0.3, 0.4) is 0 Å². The van der Waals surface area contributed by atoms with Gasteiger partial charge in [-0.1, -0.05) is 133 Å². The molecule has 4 nitrogen and oxygen atoms in total. The molecule has 0 aliphatic heterocycles. The van der Waals surface area contributed by atoms with Gasteiger partial charge in [-0.15, -0.1) is 0 Å². The lowest BCUT2D eigenvalue weighted by Crippen LogP contribution is -2.11. The summed E-state index contributed by atoms with van der Waals surface area (Å²) in [4.78, 5) is 10.2. The molecule has 0 amide bonds. The minimum Gasteiger partial charge on any atom is -0.507 e. The molecule has 290 valence electrons. The van der Waals surface area contributed by atoms with Crippen molar-refractivity contribution < 1.29 is 12.0 Å². The zero-order valence-corrected chi connectivity index (χ0v) is 34.6. The Hall–Kier alpha value is -6.26. The van der Waals surface area contributed by atoms with Crippen molar-refractivity contribution in [2.24, 2.45) is 0 Å². The number of hydrogen-bond donors (Lipinski definition) is 1. The van der Waals surface area contributed by atoms with Gasteiger partial charge in [0.05, 0.1) is 28.0 Å². The molecule has 2 aromatic heterocycles. The summed E-state index contributed by atoms with van der Waals surface area (Å²) in [5.41, 5.74) is 12.7. The maximum absolute atomic E-state index is 11.4. The van der Waals surface area contributed by atoms with Gasteiger partial charge in [0, 0.05) is 24.2 Å². The third-order valence-corrected chi connectivity index (χ3v) is 11.0. The number of benzene rings is 6. The van der Waals surface area contributed by atoms with Crippen LogP contribution < -0.4 is 0 Å². The van der Waals surface area contributed by atoms with Crippen molar-refractivity contribution in [1.82, 2.24) is 14.5 Å². The lowest BCUT2D eigenvalue weighted by atomic mass is 9.83. The Balaban J connectivity index is 1.39. The highest BCUT2D eigenvalue weighted by atomic mass is 16.3. The van der Waals surface area contributed by atoms with E-state index in [2.05, 4.69) is 76.2 Å². The van der Waals surface area contributed by atoms with Crippen LogP contribution in [0.5, 0.6) is 5.75 Å². The molecule has 58 heavy (non-hydrogen) atoms. The fourth-order valence-corrected chi connectivity index (χ4v) is 7.88. The van der Waals surface area contributed by atoms with Gasteiger partial charge in [0.25, 0.3) is 0 Å². The summed E-state index contributed by atoms with van der Waals surface area (Å²) in [7, 11) is 0. The Bertz CT molecular complexity index is 2980. The van der Waals surface area contributed by atoms with Crippen molar-refractivity contribution in [3.05, 3.63) is 167 Å². The van der Waals surface area contributed by atoms with Crippen LogP contribution in [0.1, 0.15) is 94.9 Å². The smallest absolute Gasteiger partial charge is 0.149 e. The zero-order valence-electron chi connectivity index (χ0n) is 39.6. The molecule has 4 heteroatoms. The number of hydrogen-bond acceptors (Lipinski definition) is 3. The molecule has 0 spiro atoms. The number of nitrogens with zero attached hydrogens (tertiary/aromatic N) is 3. The van der Waals surface area contributed by atoms with Gasteiger partial charge >= 0.3 is 0 Å². The van der Waals surface area contributed by atoms with Gasteiger partial charge in [0.15, 0.2) is 0 Å². The molecule has 0 unspecified atom stereocenters. The van der Waals surface area contributed by atoms with Crippen LogP contribution in [0.25, 0.3) is 72.7 Å². The average Bonchev–Trinajstić information content (AvgIpc) is 3.62. The van der Waals surface area contributed by atoms with E-state index in [1.54, 1.807) is 58.0 Å². The fourth-order valence-electron chi connectivity index (χ4n) is 7.88. The Morgan fingerprint density at radius 2 is 1.33 bits per heavy atom. The number of aryl methyl sites for hydroxylation is 2. The van der Waals surface area contributed by atoms with Crippen LogP contribution in [-0.4, -0.2) is 19.6 Å². The number of phenols is 1. The first-order valence-electron chi connectivity index (χ1n) is 22.4. The molecule has 0 radical (unpaired) electrons. The van der Waals surface area contributed by atoms with Crippen molar-refractivity contribution in [2.75, 3.05) is 0 Å². The van der Waals surface area contributed by atoms with Gasteiger partial charge in [0.1, 0.15) is 11.6 Å². The lowest BCUT2D eigenvalue weighted by molar-refractivity contribution is 0.477. The van der Waals surface area contributed by atoms with Gasteiger partial charge in [-0.2, -0.15) is 0 Å². The Morgan fingerprint density at radius 3 is 2.02 bits per heavy atom. The predicted molar refractivity (Wildman–Crippen MR) is 244 cm³/mol. The minimum absolute atomic E-state index is 0.00753. The third-order valence-electron chi connectivity index (χ3n) is 11.0. The van der Waals surface area contributed by atoms with Crippen molar-refractivity contribution in [3.63, 3.8) is 0 Å². The van der Waals surface area contributed by atoms with Crippen molar-refractivity contribution in [1.29, 1.82) is 0 Å². The minimum atomic E-state index is -2.59. The number of rotatable bonds is 8. The highest BCUT2D eigenvalue weighted by molar-refractivity contribution is 5.97. The molecule has 6 aromatic carbocycles.